The molecule has 0 atom stereocenters. The van der Waals surface area contributed by atoms with E-state index in [-0.39, 0.29) is 17.6 Å². The molecule has 0 spiro atoms. The van der Waals surface area contributed by atoms with Crippen LogP contribution in [0.4, 0.5) is 5.69 Å². The van der Waals surface area contributed by atoms with Gasteiger partial charge in [0.15, 0.2) is 11.4 Å². The number of hydrogen-bond acceptors (Lipinski definition) is 1. The topological polar surface area (TPSA) is 21.4 Å². The van der Waals surface area contributed by atoms with Crippen LogP contribution in [-0.4, -0.2) is 0 Å². The number of hydrogen-bond donors (Lipinski definition) is 0. The Morgan fingerprint density at radius 1 is 1.06 bits per heavy atom. The minimum absolute atomic E-state index is 0.0211. The Morgan fingerprint density at radius 2 is 1.80 bits per heavy atom. The van der Waals surface area contributed by atoms with Crippen LogP contribution in [0.5, 0.6) is 0 Å². The van der Waals surface area contributed by atoms with Gasteiger partial charge in [0.05, 0.1) is 14.9 Å². The molecule has 0 aliphatic heterocycles. The van der Waals surface area contributed by atoms with Gasteiger partial charge in [0.1, 0.15) is 18.2 Å². The third-order valence-corrected chi connectivity index (χ3v) is 6.26. The zero-order chi connectivity index (χ0) is 28.4. The summed E-state index contributed by atoms with van der Waals surface area (Å²) in [5.74, 6) is 0. The first-order chi connectivity index (χ1) is 18.3. The van der Waals surface area contributed by atoms with Crippen LogP contribution in [0.25, 0.3) is 49.2 Å². The Balaban J connectivity index is 1.98. The molecule has 174 valence electrons. The first-order valence-electron chi connectivity index (χ1n) is 13.7. The van der Waals surface area contributed by atoms with Crippen molar-refractivity contribution < 1.29 is 14.5 Å². The SMILES string of the molecule is [2H]c1c(C([2H])([2H])C(C)(C)C)c([2H])c(-c2c(C)cc(-c3ccccc3)c3c2oc2cc([N+]#[C-])ccc23)[n+](C)c1C. The third-order valence-electron chi connectivity index (χ3n) is 6.26. The molecule has 3 heteroatoms. The van der Waals surface area contributed by atoms with Crippen LogP contribution in [0.3, 0.4) is 0 Å². The molecule has 0 saturated carbocycles. The molecular formula is C32H31N2O+. The highest BCUT2D eigenvalue weighted by atomic mass is 16.3. The molecule has 35 heavy (non-hydrogen) atoms. The number of aryl methyl sites for hydroxylation is 1. The van der Waals surface area contributed by atoms with Crippen LogP contribution >= 0.6 is 0 Å². The van der Waals surface area contributed by atoms with E-state index in [1.807, 2.05) is 50.4 Å². The zero-order valence-electron chi connectivity index (χ0n) is 25.0. The molecule has 5 rings (SSSR count). The molecule has 2 aromatic heterocycles. The smallest absolute Gasteiger partial charge is 0.216 e. The molecule has 3 aromatic carbocycles. The Kier molecular flexibility index (Phi) is 4.42. The lowest BCUT2D eigenvalue weighted by Crippen LogP contribution is -2.35. The van der Waals surface area contributed by atoms with E-state index in [0.717, 1.165) is 27.5 Å². The van der Waals surface area contributed by atoms with Crippen LogP contribution < -0.4 is 4.57 Å². The number of benzene rings is 3. The lowest BCUT2D eigenvalue weighted by Gasteiger charge is -2.19. The van der Waals surface area contributed by atoms with Crippen molar-refractivity contribution in [2.45, 2.75) is 41.0 Å². The number of nitrogens with zero attached hydrogens (tertiary/aromatic N) is 2. The largest absolute Gasteiger partial charge is 0.456 e. The van der Waals surface area contributed by atoms with E-state index in [2.05, 4.69) is 10.9 Å². The molecule has 0 bridgehead atoms. The Hall–Kier alpha value is -3.90. The summed E-state index contributed by atoms with van der Waals surface area (Å²) in [7, 11) is 1.81. The predicted octanol–water partition coefficient (Wildman–Crippen LogP) is 8.50. The highest BCUT2D eigenvalue weighted by molar-refractivity contribution is 6.17. The van der Waals surface area contributed by atoms with Gasteiger partial charge in [-0.25, -0.2) is 4.85 Å². The van der Waals surface area contributed by atoms with Gasteiger partial charge in [-0.1, -0.05) is 63.2 Å². The summed E-state index contributed by atoms with van der Waals surface area (Å²) in [6.45, 7) is 16.6. The number of fused-ring (bicyclic) bond motifs is 3. The lowest BCUT2D eigenvalue weighted by atomic mass is 9.87. The van der Waals surface area contributed by atoms with Crippen molar-refractivity contribution in [3.05, 3.63) is 94.9 Å². The van der Waals surface area contributed by atoms with Crippen molar-refractivity contribution >= 4 is 27.6 Å². The van der Waals surface area contributed by atoms with Gasteiger partial charge in [-0.05, 0) is 53.1 Å². The van der Waals surface area contributed by atoms with E-state index < -0.39 is 11.8 Å². The van der Waals surface area contributed by atoms with Crippen LogP contribution in [0.2, 0.25) is 0 Å². The van der Waals surface area contributed by atoms with Crippen LogP contribution in [0, 0.1) is 25.8 Å². The summed E-state index contributed by atoms with van der Waals surface area (Å²) in [4.78, 5) is 3.57. The molecule has 0 aliphatic carbocycles. The quantitative estimate of drug-likeness (QED) is 0.194. The lowest BCUT2D eigenvalue weighted by molar-refractivity contribution is -0.666. The zero-order valence-corrected chi connectivity index (χ0v) is 21.0. The first kappa shape index (κ1) is 18.4. The molecule has 0 aliphatic rings. The first-order valence-corrected chi connectivity index (χ1v) is 11.7. The maximum absolute atomic E-state index is 9.32. The van der Waals surface area contributed by atoms with E-state index >= 15 is 0 Å². The molecule has 5 aromatic rings. The van der Waals surface area contributed by atoms with Gasteiger partial charge in [-0.3, -0.25) is 0 Å². The normalized spacial score (nSPS) is 13.9. The Bertz CT molecular complexity index is 1820. The fourth-order valence-corrected chi connectivity index (χ4v) is 4.61. The van der Waals surface area contributed by atoms with Gasteiger partial charge in [0.2, 0.25) is 5.69 Å². The number of pyridine rings is 1. The average Bonchev–Trinajstić information content (AvgIpc) is 3.26. The molecule has 0 amide bonds. The summed E-state index contributed by atoms with van der Waals surface area (Å²) < 4.78 is 44.5. The van der Waals surface area contributed by atoms with Gasteiger partial charge >= 0.3 is 0 Å². The Labute approximate surface area is 213 Å². The summed E-state index contributed by atoms with van der Waals surface area (Å²) in [6, 6.07) is 17.6. The number of aromatic nitrogens is 1. The van der Waals surface area contributed by atoms with E-state index in [1.54, 1.807) is 44.4 Å². The average molecular weight is 464 g/mol. The maximum atomic E-state index is 9.32. The molecule has 0 saturated heterocycles. The summed E-state index contributed by atoms with van der Waals surface area (Å²) >= 11 is 0. The minimum Gasteiger partial charge on any atom is -0.456 e. The fourth-order valence-electron chi connectivity index (χ4n) is 4.61. The van der Waals surface area contributed by atoms with Crippen molar-refractivity contribution in [2.24, 2.45) is 12.5 Å². The van der Waals surface area contributed by atoms with Gasteiger partial charge < -0.3 is 4.42 Å². The van der Waals surface area contributed by atoms with Gasteiger partial charge in [-0.2, -0.15) is 4.57 Å². The fraction of sp³-hybridized carbons (Fsp3) is 0.250. The molecule has 3 nitrogen and oxygen atoms in total. The maximum Gasteiger partial charge on any atom is 0.216 e. The number of furan rings is 1. The highest BCUT2D eigenvalue weighted by Crippen LogP contribution is 2.44. The van der Waals surface area contributed by atoms with E-state index in [1.165, 1.54) is 0 Å². The van der Waals surface area contributed by atoms with Crippen LogP contribution in [0.1, 0.15) is 43.1 Å². The molecule has 0 fully saturated rings. The third kappa shape index (κ3) is 4.10. The predicted molar refractivity (Wildman–Crippen MR) is 145 cm³/mol. The molecule has 0 radical (unpaired) electrons. The summed E-state index contributed by atoms with van der Waals surface area (Å²) in [5, 5.41) is 1.74. The second kappa shape index (κ2) is 8.40. The van der Waals surface area contributed by atoms with Crippen LogP contribution in [-0.2, 0) is 13.4 Å². The van der Waals surface area contributed by atoms with Crippen molar-refractivity contribution in [2.75, 3.05) is 0 Å². The van der Waals surface area contributed by atoms with Crippen molar-refractivity contribution in [3.8, 4) is 22.4 Å². The second-order valence-electron chi connectivity index (χ2n) is 10.1. The molecule has 0 N–H and O–H groups in total. The monoisotopic (exact) mass is 463 g/mol. The van der Waals surface area contributed by atoms with E-state index in [0.29, 0.717) is 33.8 Å². The molecule has 2 heterocycles. The van der Waals surface area contributed by atoms with Gasteiger partial charge in [-0.15, -0.1) is 0 Å². The van der Waals surface area contributed by atoms with Gasteiger partial charge in [0.25, 0.3) is 0 Å². The molecule has 0 unspecified atom stereocenters. The summed E-state index contributed by atoms with van der Waals surface area (Å²) in [6.07, 6.45) is -1.93. The minimum atomic E-state index is -1.93. The van der Waals surface area contributed by atoms with Crippen molar-refractivity contribution in [1.82, 2.24) is 0 Å². The van der Waals surface area contributed by atoms with Crippen LogP contribution in [0.15, 0.2) is 71.1 Å². The van der Waals surface area contributed by atoms with Crippen molar-refractivity contribution in [1.29, 1.82) is 0 Å². The number of rotatable bonds is 3. The van der Waals surface area contributed by atoms with Gasteiger partial charge in [0, 0.05) is 32.5 Å². The molecular weight excluding hydrogens is 428 g/mol. The second-order valence-corrected chi connectivity index (χ2v) is 10.1. The summed E-state index contributed by atoms with van der Waals surface area (Å²) in [5.41, 5.74) is 5.50. The van der Waals surface area contributed by atoms with E-state index in [9.17, 15) is 1.37 Å². The standard InChI is InChI=1S/C32H31N2O/c1-20-15-26(23-11-9-8-10-12-23)30-25-14-13-24(33-6)18-28(25)35-31(30)29(20)27-17-22(19-32(3,4)5)16-21(2)34(27)7/h8-18H,19H2,1-5,7H3/q+1/i16D,17D,19D2. The highest BCUT2D eigenvalue weighted by Gasteiger charge is 2.26. The van der Waals surface area contributed by atoms with Crippen molar-refractivity contribution in [3.63, 3.8) is 0 Å². The Morgan fingerprint density at radius 3 is 2.49 bits per heavy atom. The van der Waals surface area contributed by atoms with E-state index in [4.69, 9.17) is 15.1 Å².